The number of fused-ring (bicyclic) bond motifs is 1. The Labute approximate surface area is 168 Å². The summed E-state index contributed by atoms with van der Waals surface area (Å²) in [6.07, 6.45) is 3.55. The summed E-state index contributed by atoms with van der Waals surface area (Å²) >= 11 is 0. The summed E-state index contributed by atoms with van der Waals surface area (Å²) in [6.45, 7) is 0.941. The van der Waals surface area contributed by atoms with Crippen molar-refractivity contribution in [2.24, 2.45) is 5.92 Å². The van der Waals surface area contributed by atoms with Gasteiger partial charge in [0, 0.05) is 18.4 Å². The van der Waals surface area contributed by atoms with Crippen LogP contribution in [0.25, 0.3) is 0 Å². The fraction of sp³-hybridized carbons (Fsp3) is 0.400. The summed E-state index contributed by atoms with van der Waals surface area (Å²) in [5.41, 5.74) is 3.13. The fourth-order valence-corrected chi connectivity index (χ4v) is 3.29. The van der Waals surface area contributed by atoms with E-state index in [9.17, 15) is 9.59 Å². The number of hydrogen-bond donors (Lipinski definition) is 3. The molecule has 1 unspecified atom stereocenters. The second-order valence-electron chi connectivity index (χ2n) is 6.81. The van der Waals surface area contributed by atoms with E-state index in [4.69, 9.17) is 19.4 Å². The van der Waals surface area contributed by atoms with E-state index < -0.39 is 17.9 Å². The van der Waals surface area contributed by atoms with Gasteiger partial charge in [-0.05, 0) is 36.8 Å². The van der Waals surface area contributed by atoms with Gasteiger partial charge in [-0.15, -0.1) is 0 Å². The molecule has 9 nitrogen and oxygen atoms in total. The van der Waals surface area contributed by atoms with E-state index >= 15 is 0 Å². The minimum atomic E-state index is -0.526. The Hall–Kier alpha value is -3.04. The molecule has 29 heavy (non-hydrogen) atoms. The number of methoxy groups -OCH3 is 2. The van der Waals surface area contributed by atoms with Crippen molar-refractivity contribution in [1.29, 1.82) is 0 Å². The summed E-state index contributed by atoms with van der Waals surface area (Å²) in [6, 6.07) is 6.80. The minimum Gasteiger partial charge on any atom is -0.497 e. The molecule has 1 fully saturated rings. The topological polar surface area (TPSA) is 109 Å². The van der Waals surface area contributed by atoms with Crippen LogP contribution >= 0.6 is 0 Å². The smallest absolute Gasteiger partial charge is 0.322 e. The third kappa shape index (κ3) is 5.07. The number of allylic oxidation sites excluding steroid dienone is 1. The van der Waals surface area contributed by atoms with Gasteiger partial charge in [-0.1, -0.05) is 6.08 Å². The molecule has 1 aromatic carbocycles. The molecule has 1 aromatic rings. The van der Waals surface area contributed by atoms with Gasteiger partial charge in [0.25, 0.3) is 5.91 Å². The van der Waals surface area contributed by atoms with Gasteiger partial charge in [-0.3, -0.25) is 10.0 Å². The molecule has 1 aliphatic heterocycles. The molecule has 0 aromatic heterocycles. The number of hydroxylamine groups is 1. The van der Waals surface area contributed by atoms with Gasteiger partial charge in [-0.2, -0.15) is 0 Å². The van der Waals surface area contributed by atoms with Crippen molar-refractivity contribution >= 4 is 17.6 Å². The predicted molar refractivity (Wildman–Crippen MR) is 105 cm³/mol. The average Bonchev–Trinajstić information content (AvgIpc) is 2.92. The lowest BCUT2D eigenvalue weighted by Crippen LogP contribution is -2.41. The number of nitrogens with one attached hydrogen (secondary N) is 2. The van der Waals surface area contributed by atoms with E-state index in [-0.39, 0.29) is 12.6 Å². The Bertz CT molecular complexity index is 805. The number of carbonyl (C=O) groups excluding carboxylic acids is 2. The number of anilines is 1. The third-order valence-corrected chi connectivity index (χ3v) is 4.79. The Morgan fingerprint density at radius 1 is 1.28 bits per heavy atom. The SMILES string of the molecule is COC[C@@H]1CN(C(=O)Nc2ccc(OC)cc2)CC2=CCC(C(=O)NO)C=C2O1. The molecule has 3 amide bonds. The monoisotopic (exact) mass is 403 g/mol. The Kier molecular flexibility index (Phi) is 6.73. The number of nitrogens with zero attached hydrogens (tertiary/aromatic N) is 1. The van der Waals surface area contributed by atoms with Crippen LogP contribution in [0.5, 0.6) is 5.75 Å². The number of hydrogen-bond acceptors (Lipinski definition) is 6. The second-order valence-corrected chi connectivity index (χ2v) is 6.81. The first-order valence-electron chi connectivity index (χ1n) is 9.24. The second kappa shape index (κ2) is 9.44. The highest BCUT2D eigenvalue weighted by molar-refractivity contribution is 5.89. The van der Waals surface area contributed by atoms with Crippen LogP contribution < -0.4 is 15.5 Å². The Balaban J connectivity index is 1.75. The molecule has 1 aliphatic carbocycles. The predicted octanol–water partition coefficient (Wildman–Crippen LogP) is 1.91. The zero-order valence-electron chi connectivity index (χ0n) is 16.4. The van der Waals surface area contributed by atoms with Crippen molar-refractivity contribution in [3.63, 3.8) is 0 Å². The van der Waals surface area contributed by atoms with Gasteiger partial charge in [0.15, 0.2) is 0 Å². The van der Waals surface area contributed by atoms with Crippen LogP contribution in [0.15, 0.2) is 47.7 Å². The molecule has 2 aliphatic rings. The number of rotatable bonds is 5. The molecule has 2 atom stereocenters. The van der Waals surface area contributed by atoms with Gasteiger partial charge in [0.2, 0.25) is 0 Å². The van der Waals surface area contributed by atoms with Crippen LogP contribution in [0.2, 0.25) is 0 Å². The van der Waals surface area contributed by atoms with Crippen LogP contribution in [-0.2, 0) is 14.3 Å². The van der Waals surface area contributed by atoms with Crippen molar-refractivity contribution in [2.75, 3.05) is 39.2 Å². The highest BCUT2D eigenvalue weighted by Gasteiger charge is 2.31. The van der Waals surface area contributed by atoms with E-state index in [2.05, 4.69) is 5.32 Å². The molecule has 3 rings (SSSR count). The van der Waals surface area contributed by atoms with Crippen LogP contribution in [0.3, 0.4) is 0 Å². The molecule has 156 valence electrons. The third-order valence-electron chi connectivity index (χ3n) is 4.79. The quantitative estimate of drug-likeness (QED) is 0.512. The van der Waals surface area contributed by atoms with Crippen LogP contribution in [0.4, 0.5) is 10.5 Å². The Morgan fingerprint density at radius 3 is 2.69 bits per heavy atom. The molecule has 0 spiro atoms. The fourth-order valence-electron chi connectivity index (χ4n) is 3.29. The standard InChI is InChI=1S/C20H25N3O6/c1-27-12-17-11-23(20(25)21-15-5-7-16(28-2)8-6-15)10-14-4-3-13(19(24)22-26)9-18(14)29-17/h4-9,13,17,26H,3,10-12H2,1-2H3,(H,21,25)(H,22,24)/t13?,17-/m0/s1. The van der Waals surface area contributed by atoms with Crippen molar-refractivity contribution in [3.8, 4) is 5.75 Å². The lowest BCUT2D eigenvalue weighted by Gasteiger charge is -2.23. The van der Waals surface area contributed by atoms with E-state index in [1.807, 2.05) is 6.08 Å². The van der Waals surface area contributed by atoms with Gasteiger partial charge in [0.1, 0.15) is 17.6 Å². The zero-order chi connectivity index (χ0) is 20.8. The summed E-state index contributed by atoms with van der Waals surface area (Å²) < 4.78 is 16.4. The lowest BCUT2D eigenvalue weighted by atomic mass is 9.94. The first-order chi connectivity index (χ1) is 14.0. The molecule has 0 bridgehead atoms. The van der Waals surface area contributed by atoms with Gasteiger partial charge >= 0.3 is 6.03 Å². The summed E-state index contributed by atoms with van der Waals surface area (Å²) in [7, 11) is 3.14. The molecule has 3 N–H and O–H groups in total. The van der Waals surface area contributed by atoms with E-state index in [0.717, 1.165) is 5.57 Å². The summed E-state index contributed by atoms with van der Waals surface area (Å²) in [4.78, 5) is 26.3. The summed E-state index contributed by atoms with van der Waals surface area (Å²) in [5, 5.41) is 11.8. The number of benzene rings is 1. The molecule has 0 radical (unpaired) electrons. The summed E-state index contributed by atoms with van der Waals surface area (Å²) in [5.74, 6) is 0.209. The number of carbonyl (C=O) groups is 2. The molecular weight excluding hydrogens is 378 g/mol. The maximum Gasteiger partial charge on any atom is 0.322 e. The molecule has 9 heteroatoms. The van der Waals surface area contributed by atoms with Crippen molar-refractivity contribution < 1.29 is 29.0 Å². The normalized spacial score (nSPS) is 21.0. The van der Waals surface area contributed by atoms with Crippen molar-refractivity contribution in [1.82, 2.24) is 10.4 Å². The first-order valence-corrected chi connectivity index (χ1v) is 9.24. The molecule has 1 saturated heterocycles. The molecule has 1 heterocycles. The number of ether oxygens (including phenoxy) is 3. The molecule has 0 saturated carbocycles. The number of amides is 3. The first kappa shape index (κ1) is 20.7. The van der Waals surface area contributed by atoms with Crippen molar-refractivity contribution in [2.45, 2.75) is 12.5 Å². The molecular formula is C20H25N3O6. The number of urea groups is 1. The van der Waals surface area contributed by atoms with E-state index in [1.165, 1.54) is 0 Å². The van der Waals surface area contributed by atoms with Gasteiger partial charge < -0.3 is 24.4 Å². The van der Waals surface area contributed by atoms with Gasteiger partial charge in [0.05, 0.1) is 32.7 Å². The Morgan fingerprint density at radius 2 is 2.03 bits per heavy atom. The minimum absolute atomic E-state index is 0.266. The maximum absolute atomic E-state index is 12.9. The van der Waals surface area contributed by atoms with Gasteiger partial charge in [-0.25, -0.2) is 10.3 Å². The van der Waals surface area contributed by atoms with E-state index in [0.29, 0.717) is 36.7 Å². The van der Waals surface area contributed by atoms with Crippen LogP contribution in [-0.4, -0.2) is 62.1 Å². The highest BCUT2D eigenvalue weighted by Crippen LogP contribution is 2.29. The van der Waals surface area contributed by atoms with Crippen LogP contribution in [0.1, 0.15) is 6.42 Å². The lowest BCUT2D eigenvalue weighted by molar-refractivity contribution is -0.131. The highest BCUT2D eigenvalue weighted by atomic mass is 16.5. The zero-order valence-corrected chi connectivity index (χ0v) is 16.4. The average molecular weight is 403 g/mol. The largest absolute Gasteiger partial charge is 0.497 e. The maximum atomic E-state index is 12.9. The van der Waals surface area contributed by atoms with E-state index in [1.54, 1.807) is 54.9 Å². The van der Waals surface area contributed by atoms with Crippen LogP contribution in [0, 0.1) is 5.92 Å². The van der Waals surface area contributed by atoms with Crippen molar-refractivity contribution in [3.05, 3.63) is 47.7 Å².